The van der Waals surface area contributed by atoms with Gasteiger partial charge in [-0.2, -0.15) is 0 Å². The van der Waals surface area contributed by atoms with E-state index in [0.717, 1.165) is 61.2 Å². The maximum absolute atomic E-state index is 13.9. The molecular formula is C22H27N3O. The smallest absolute Gasteiger partial charge is 0.235 e. The van der Waals surface area contributed by atoms with E-state index in [9.17, 15) is 4.79 Å². The average Bonchev–Trinajstić information content (AvgIpc) is 2.96. The second-order valence-corrected chi connectivity index (χ2v) is 9.12. The van der Waals surface area contributed by atoms with Crippen LogP contribution in [0.4, 0.5) is 0 Å². The van der Waals surface area contributed by atoms with E-state index in [0.29, 0.717) is 5.91 Å². The number of benzene rings is 1. The fraction of sp³-hybridized carbons (Fsp3) is 0.591. The molecule has 1 aromatic heterocycles. The molecule has 26 heavy (non-hydrogen) atoms. The highest BCUT2D eigenvalue weighted by Crippen LogP contribution is 2.70. The second kappa shape index (κ2) is 5.05. The van der Waals surface area contributed by atoms with E-state index < -0.39 is 5.41 Å². The summed E-state index contributed by atoms with van der Waals surface area (Å²) in [4.78, 5) is 26.1. The first-order chi connectivity index (χ1) is 12.4. The van der Waals surface area contributed by atoms with Crippen LogP contribution in [0.5, 0.6) is 0 Å². The maximum atomic E-state index is 13.9. The first-order valence-corrected chi connectivity index (χ1v) is 9.99. The Kier molecular flexibility index (Phi) is 3.15. The molecule has 1 saturated carbocycles. The molecule has 2 atom stereocenters. The molecule has 3 aliphatic rings. The lowest BCUT2D eigenvalue weighted by atomic mass is 9.63. The largest absolute Gasteiger partial charge is 0.342 e. The number of hydrogen-bond donors (Lipinski definition) is 0. The molecule has 0 spiro atoms. The predicted molar refractivity (Wildman–Crippen MR) is 102 cm³/mol. The lowest BCUT2D eigenvalue weighted by Crippen LogP contribution is -2.53. The molecule has 5 rings (SSSR count). The van der Waals surface area contributed by atoms with Gasteiger partial charge in [0.15, 0.2) is 0 Å². The highest BCUT2D eigenvalue weighted by molar-refractivity contribution is 5.93. The molecule has 4 heteroatoms. The van der Waals surface area contributed by atoms with Crippen molar-refractivity contribution >= 4 is 16.9 Å². The molecule has 2 fully saturated rings. The topological polar surface area (TPSA) is 46.1 Å². The Morgan fingerprint density at radius 1 is 0.923 bits per heavy atom. The summed E-state index contributed by atoms with van der Waals surface area (Å²) in [6, 6.07) is 8.06. The minimum Gasteiger partial charge on any atom is -0.342 e. The van der Waals surface area contributed by atoms with Gasteiger partial charge in [-0.25, -0.2) is 9.97 Å². The van der Waals surface area contributed by atoms with E-state index in [-0.39, 0.29) is 10.8 Å². The Morgan fingerprint density at radius 3 is 2.19 bits per heavy atom. The van der Waals surface area contributed by atoms with E-state index in [1.54, 1.807) is 0 Å². The van der Waals surface area contributed by atoms with E-state index in [1.165, 1.54) is 6.42 Å². The number of carbonyl (C=O) groups is 1. The van der Waals surface area contributed by atoms with Crippen LogP contribution in [-0.4, -0.2) is 33.9 Å². The Hall–Kier alpha value is -1.97. The third kappa shape index (κ3) is 1.69. The van der Waals surface area contributed by atoms with Crippen LogP contribution >= 0.6 is 0 Å². The van der Waals surface area contributed by atoms with Crippen molar-refractivity contribution in [2.45, 2.75) is 63.7 Å². The number of likely N-dealkylation sites (tertiary alicyclic amines) is 1. The summed E-state index contributed by atoms with van der Waals surface area (Å²) in [6.45, 7) is 8.63. The van der Waals surface area contributed by atoms with Crippen LogP contribution in [0.15, 0.2) is 24.3 Å². The van der Waals surface area contributed by atoms with Gasteiger partial charge < -0.3 is 4.90 Å². The van der Waals surface area contributed by atoms with Gasteiger partial charge in [-0.1, -0.05) is 32.9 Å². The highest BCUT2D eigenvalue weighted by atomic mass is 16.2. The maximum Gasteiger partial charge on any atom is 0.235 e. The van der Waals surface area contributed by atoms with Crippen molar-refractivity contribution in [1.29, 1.82) is 0 Å². The molecule has 2 aliphatic carbocycles. The molecule has 2 heterocycles. The SMILES string of the molecule is CC12CCC(C(=O)N3CCCCC3)(c3nc4ccccc4nc31)C2(C)C. The number of aromatic nitrogens is 2. The van der Waals surface area contributed by atoms with Crippen LogP contribution in [0.2, 0.25) is 0 Å². The van der Waals surface area contributed by atoms with Crippen LogP contribution in [0, 0.1) is 5.41 Å². The minimum atomic E-state index is -0.522. The molecule has 1 amide bonds. The molecule has 4 nitrogen and oxygen atoms in total. The van der Waals surface area contributed by atoms with Crippen LogP contribution in [0.3, 0.4) is 0 Å². The summed E-state index contributed by atoms with van der Waals surface area (Å²) in [6.07, 6.45) is 5.38. The van der Waals surface area contributed by atoms with Crippen LogP contribution in [0.25, 0.3) is 11.0 Å². The van der Waals surface area contributed by atoms with E-state index in [1.807, 2.05) is 24.3 Å². The van der Waals surface area contributed by atoms with Crippen molar-refractivity contribution in [3.63, 3.8) is 0 Å². The zero-order valence-corrected chi connectivity index (χ0v) is 16.0. The van der Waals surface area contributed by atoms with E-state index in [4.69, 9.17) is 9.97 Å². The van der Waals surface area contributed by atoms with Gasteiger partial charge in [-0.05, 0) is 49.7 Å². The Labute approximate surface area is 155 Å². The Bertz CT molecular complexity index is 915. The van der Waals surface area contributed by atoms with Gasteiger partial charge in [0.1, 0.15) is 0 Å². The molecule has 136 valence electrons. The number of para-hydroxylation sites is 2. The van der Waals surface area contributed by atoms with Crippen molar-refractivity contribution in [2.75, 3.05) is 13.1 Å². The fourth-order valence-electron chi connectivity index (χ4n) is 5.89. The van der Waals surface area contributed by atoms with Crippen molar-refractivity contribution in [1.82, 2.24) is 14.9 Å². The second-order valence-electron chi connectivity index (χ2n) is 9.12. The number of piperidine rings is 1. The summed E-state index contributed by atoms with van der Waals surface area (Å²) < 4.78 is 0. The number of fused-ring (bicyclic) bond motifs is 6. The average molecular weight is 349 g/mol. The van der Waals surface area contributed by atoms with Gasteiger partial charge in [-0.3, -0.25) is 4.79 Å². The predicted octanol–water partition coefficient (Wildman–Crippen LogP) is 3.97. The first kappa shape index (κ1) is 16.2. The van der Waals surface area contributed by atoms with Gasteiger partial charge in [-0.15, -0.1) is 0 Å². The van der Waals surface area contributed by atoms with E-state index >= 15 is 0 Å². The molecule has 2 unspecified atom stereocenters. The quantitative estimate of drug-likeness (QED) is 0.782. The molecule has 0 N–H and O–H groups in total. The van der Waals surface area contributed by atoms with Crippen LogP contribution < -0.4 is 0 Å². The van der Waals surface area contributed by atoms with Crippen molar-refractivity contribution in [2.24, 2.45) is 5.41 Å². The molecular weight excluding hydrogens is 322 g/mol. The number of rotatable bonds is 1. The number of hydrogen-bond acceptors (Lipinski definition) is 3. The van der Waals surface area contributed by atoms with Gasteiger partial charge in [0.05, 0.1) is 27.8 Å². The zero-order chi connectivity index (χ0) is 18.2. The molecule has 1 aromatic carbocycles. The summed E-state index contributed by atoms with van der Waals surface area (Å²) in [5.74, 6) is 0.300. The third-order valence-electron chi connectivity index (χ3n) is 7.95. The van der Waals surface area contributed by atoms with Crippen molar-refractivity contribution in [3.05, 3.63) is 35.7 Å². The van der Waals surface area contributed by atoms with Crippen LogP contribution in [0.1, 0.15) is 64.3 Å². The lowest BCUT2D eigenvalue weighted by molar-refractivity contribution is -0.142. The molecule has 1 aliphatic heterocycles. The monoisotopic (exact) mass is 349 g/mol. The van der Waals surface area contributed by atoms with Gasteiger partial charge >= 0.3 is 0 Å². The number of carbonyl (C=O) groups excluding carboxylic acids is 1. The summed E-state index contributed by atoms with van der Waals surface area (Å²) >= 11 is 0. The van der Waals surface area contributed by atoms with Crippen molar-refractivity contribution in [3.8, 4) is 0 Å². The normalized spacial score (nSPS) is 32.0. The molecule has 1 saturated heterocycles. The highest BCUT2D eigenvalue weighted by Gasteiger charge is 2.73. The minimum absolute atomic E-state index is 0.0924. The standard InChI is InChI=1S/C22H27N3O/c1-20(2)21(3)11-12-22(20,19(26)25-13-7-4-8-14-25)18-17(21)23-15-9-5-6-10-16(15)24-18/h5-6,9-10H,4,7-8,11-14H2,1-3H3. The molecule has 2 aromatic rings. The zero-order valence-electron chi connectivity index (χ0n) is 16.0. The number of nitrogens with zero attached hydrogens (tertiary/aromatic N) is 3. The van der Waals surface area contributed by atoms with Crippen molar-refractivity contribution < 1.29 is 4.79 Å². The molecule has 0 radical (unpaired) electrons. The Balaban J connectivity index is 1.75. The summed E-state index contributed by atoms with van der Waals surface area (Å²) in [5.41, 5.74) is 3.09. The summed E-state index contributed by atoms with van der Waals surface area (Å²) in [5, 5.41) is 0. The van der Waals surface area contributed by atoms with Gasteiger partial charge in [0.25, 0.3) is 0 Å². The lowest BCUT2D eigenvalue weighted by Gasteiger charge is -2.43. The van der Waals surface area contributed by atoms with Gasteiger partial charge in [0.2, 0.25) is 5.91 Å². The van der Waals surface area contributed by atoms with Gasteiger partial charge in [0, 0.05) is 18.5 Å². The van der Waals surface area contributed by atoms with Crippen LogP contribution in [-0.2, 0) is 15.6 Å². The first-order valence-electron chi connectivity index (χ1n) is 9.99. The fourth-order valence-corrected chi connectivity index (χ4v) is 5.89. The van der Waals surface area contributed by atoms with E-state index in [2.05, 4.69) is 25.7 Å². The number of amides is 1. The third-order valence-corrected chi connectivity index (χ3v) is 7.95. The summed E-state index contributed by atoms with van der Waals surface area (Å²) in [7, 11) is 0. The Morgan fingerprint density at radius 2 is 1.54 bits per heavy atom. The molecule has 2 bridgehead atoms.